The van der Waals surface area contributed by atoms with Gasteiger partial charge in [-0.15, -0.1) is 24.0 Å². The Labute approximate surface area is 214 Å². The first-order valence-electron chi connectivity index (χ1n) is 11.4. The van der Waals surface area contributed by atoms with Gasteiger partial charge >= 0.3 is 0 Å². The van der Waals surface area contributed by atoms with Gasteiger partial charge in [0.1, 0.15) is 5.75 Å². The van der Waals surface area contributed by atoms with Crippen LogP contribution in [0.2, 0.25) is 0 Å². The molecule has 2 aromatic carbocycles. The summed E-state index contributed by atoms with van der Waals surface area (Å²) in [6.45, 7) is 8.17. The van der Waals surface area contributed by atoms with Gasteiger partial charge in [0.15, 0.2) is 5.96 Å². The number of aliphatic imine (C=N–C) groups is 1. The van der Waals surface area contributed by atoms with E-state index < -0.39 is 0 Å². The van der Waals surface area contributed by atoms with Crippen LogP contribution in [0.5, 0.6) is 5.75 Å². The Morgan fingerprint density at radius 2 is 1.85 bits per heavy atom. The second kappa shape index (κ2) is 13.9. The zero-order valence-electron chi connectivity index (χ0n) is 19.8. The fraction of sp³-hybridized carbons (Fsp3) is 0.440. The summed E-state index contributed by atoms with van der Waals surface area (Å²) in [4.78, 5) is 19.3. The summed E-state index contributed by atoms with van der Waals surface area (Å²) in [7, 11) is 1.61. The van der Waals surface area contributed by atoms with Crippen LogP contribution in [-0.4, -0.2) is 51.7 Å². The standard InChI is InChI=1S/C25H35N5O2.HI/c1-4-26-25(28-15-14-27-24(31)20-10-12-23(32-3)13-11-20)29-19(2)21-8-7-9-22(18-21)30-16-5-6-17-30;/h7-13,18-19H,4-6,14-17H2,1-3H3,(H,27,31)(H2,26,28,29);1H. The molecule has 1 fully saturated rings. The first-order chi connectivity index (χ1) is 15.6. The average Bonchev–Trinajstić information content (AvgIpc) is 3.37. The van der Waals surface area contributed by atoms with Crippen molar-refractivity contribution < 1.29 is 9.53 Å². The number of hydrogen-bond donors (Lipinski definition) is 3. The minimum absolute atomic E-state index is 0. The third-order valence-electron chi connectivity index (χ3n) is 5.56. The molecule has 0 bridgehead atoms. The highest BCUT2D eigenvalue weighted by Crippen LogP contribution is 2.23. The lowest BCUT2D eigenvalue weighted by Gasteiger charge is -2.22. The number of guanidine groups is 1. The molecule has 1 heterocycles. The van der Waals surface area contributed by atoms with Crippen molar-refractivity contribution in [3.05, 3.63) is 59.7 Å². The summed E-state index contributed by atoms with van der Waals surface area (Å²) in [5.41, 5.74) is 3.12. The Hall–Kier alpha value is -2.49. The van der Waals surface area contributed by atoms with Crippen molar-refractivity contribution in [3.8, 4) is 5.75 Å². The van der Waals surface area contributed by atoms with Crippen LogP contribution in [0.15, 0.2) is 53.5 Å². The first-order valence-corrected chi connectivity index (χ1v) is 11.4. The van der Waals surface area contributed by atoms with Crippen molar-refractivity contribution in [3.63, 3.8) is 0 Å². The lowest BCUT2D eigenvalue weighted by Crippen LogP contribution is -2.39. The Morgan fingerprint density at radius 3 is 2.52 bits per heavy atom. The highest BCUT2D eigenvalue weighted by Gasteiger charge is 2.14. The smallest absolute Gasteiger partial charge is 0.251 e. The third kappa shape index (κ3) is 8.10. The maximum absolute atomic E-state index is 12.3. The summed E-state index contributed by atoms with van der Waals surface area (Å²) >= 11 is 0. The van der Waals surface area contributed by atoms with Crippen molar-refractivity contribution in [2.24, 2.45) is 4.99 Å². The number of benzene rings is 2. The molecule has 1 atom stereocenters. The van der Waals surface area contributed by atoms with Gasteiger partial charge < -0.3 is 25.6 Å². The van der Waals surface area contributed by atoms with E-state index in [-0.39, 0.29) is 35.9 Å². The van der Waals surface area contributed by atoms with Crippen LogP contribution in [0.4, 0.5) is 5.69 Å². The molecule has 0 saturated carbocycles. The summed E-state index contributed by atoms with van der Waals surface area (Å²) in [5.74, 6) is 1.35. The van der Waals surface area contributed by atoms with Crippen LogP contribution in [0.25, 0.3) is 0 Å². The molecule has 1 aliphatic heterocycles. The molecule has 180 valence electrons. The number of amides is 1. The zero-order valence-corrected chi connectivity index (χ0v) is 22.1. The molecule has 33 heavy (non-hydrogen) atoms. The van der Waals surface area contributed by atoms with E-state index >= 15 is 0 Å². The quantitative estimate of drug-likeness (QED) is 0.186. The molecule has 0 aromatic heterocycles. The number of carbonyl (C=O) groups excluding carboxylic acids is 1. The van der Waals surface area contributed by atoms with Crippen molar-refractivity contribution in [1.29, 1.82) is 0 Å². The molecular weight excluding hydrogens is 529 g/mol. The highest BCUT2D eigenvalue weighted by molar-refractivity contribution is 14.0. The van der Waals surface area contributed by atoms with Crippen LogP contribution in [0, 0.1) is 0 Å². The third-order valence-corrected chi connectivity index (χ3v) is 5.56. The number of anilines is 1. The van der Waals surface area contributed by atoms with Gasteiger partial charge in [0.05, 0.1) is 19.7 Å². The van der Waals surface area contributed by atoms with Crippen molar-refractivity contribution in [2.75, 3.05) is 44.7 Å². The van der Waals surface area contributed by atoms with E-state index in [1.54, 1.807) is 31.4 Å². The van der Waals surface area contributed by atoms with Crippen LogP contribution >= 0.6 is 24.0 Å². The van der Waals surface area contributed by atoms with Gasteiger partial charge in [0.25, 0.3) is 5.91 Å². The van der Waals surface area contributed by atoms with Crippen molar-refractivity contribution >= 4 is 41.5 Å². The average molecular weight is 566 g/mol. The molecule has 1 amide bonds. The Kier molecular flexibility index (Phi) is 11.3. The van der Waals surface area contributed by atoms with E-state index in [9.17, 15) is 4.79 Å². The fourth-order valence-electron chi connectivity index (χ4n) is 3.76. The van der Waals surface area contributed by atoms with Gasteiger partial charge in [-0.05, 0) is 68.7 Å². The number of ether oxygens (including phenoxy) is 1. The lowest BCUT2D eigenvalue weighted by molar-refractivity contribution is 0.0954. The molecule has 7 nitrogen and oxygen atoms in total. The molecule has 2 aromatic rings. The molecule has 1 saturated heterocycles. The SMILES string of the molecule is CCNC(=NCCNC(=O)c1ccc(OC)cc1)NC(C)c1cccc(N2CCCC2)c1.I. The van der Waals surface area contributed by atoms with E-state index in [0.717, 1.165) is 31.3 Å². The number of hydrogen-bond acceptors (Lipinski definition) is 4. The largest absolute Gasteiger partial charge is 0.497 e. The molecule has 3 N–H and O–H groups in total. The van der Waals surface area contributed by atoms with Crippen LogP contribution in [-0.2, 0) is 0 Å². The van der Waals surface area contributed by atoms with E-state index in [1.165, 1.54) is 24.1 Å². The minimum atomic E-state index is -0.118. The van der Waals surface area contributed by atoms with E-state index in [1.807, 2.05) is 6.92 Å². The molecule has 0 radical (unpaired) electrons. The van der Waals surface area contributed by atoms with Crippen molar-refractivity contribution in [2.45, 2.75) is 32.7 Å². The van der Waals surface area contributed by atoms with Gasteiger partial charge in [0.2, 0.25) is 0 Å². The Morgan fingerprint density at radius 1 is 1.12 bits per heavy atom. The highest BCUT2D eigenvalue weighted by atomic mass is 127. The first kappa shape index (κ1) is 26.8. The zero-order chi connectivity index (χ0) is 22.8. The normalized spacial score (nSPS) is 14.3. The predicted molar refractivity (Wildman–Crippen MR) is 146 cm³/mol. The van der Waals surface area contributed by atoms with E-state index in [0.29, 0.717) is 18.7 Å². The summed E-state index contributed by atoms with van der Waals surface area (Å²) in [6.07, 6.45) is 2.54. The van der Waals surface area contributed by atoms with E-state index in [4.69, 9.17) is 4.74 Å². The summed E-state index contributed by atoms with van der Waals surface area (Å²) in [5, 5.41) is 9.68. The Bertz CT molecular complexity index is 898. The molecule has 1 aliphatic rings. The minimum Gasteiger partial charge on any atom is -0.497 e. The number of carbonyl (C=O) groups is 1. The van der Waals surface area contributed by atoms with Crippen LogP contribution < -0.4 is 25.6 Å². The molecule has 0 aliphatic carbocycles. The molecular formula is C25H36IN5O2. The monoisotopic (exact) mass is 565 g/mol. The van der Waals surface area contributed by atoms with E-state index in [2.05, 4.69) is 57.0 Å². The number of rotatable bonds is 9. The van der Waals surface area contributed by atoms with Gasteiger partial charge in [-0.2, -0.15) is 0 Å². The van der Waals surface area contributed by atoms with Gasteiger partial charge in [-0.1, -0.05) is 12.1 Å². The second-order valence-electron chi connectivity index (χ2n) is 7.90. The Balaban J connectivity index is 0.00000385. The van der Waals surface area contributed by atoms with Gasteiger partial charge in [0, 0.05) is 37.4 Å². The molecule has 3 rings (SSSR count). The lowest BCUT2D eigenvalue weighted by atomic mass is 10.1. The summed E-state index contributed by atoms with van der Waals surface area (Å²) in [6, 6.07) is 15.9. The number of methoxy groups -OCH3 is 1. The topological polar surface area (TPSA) is 78.0 Å². The van der Waals surface area contributed by atoms with Crippen molar-refractivity contribution in [1.82, 2.24) is 16.0 Å². The molecule has 0 spiro atoms. The number of nitrogens with one attached hydrogen (secondary N) is 3. The second-order valence-corrected chi connectivity index (χ2v) is 7.90. The predicted octanol–water partition coefficient (Wildman–Crippen LogP) is 3.96. The van der Waals surface area contributed by atoms with Crippen LogP contribution in [0.3, 0.4) is 0 Å². The summed E-state index contributed by atoms with van der Waals surface area (Å²) < 4.78 is 5.13. The van der Waals surface area contributed by atoms with Gasteiger partial charge in [-0.3, -0.25) is 9.79 Å². The van der Waals surface area contributed by atoms with Crippen LogP contribution in [0.1, 0.15) is 48.7 Å². The maximum atomic E-state index is 12.3. The van der Waals surface area contributed by atoms with Gasteiger partial charge in [-0.25, -0.2) is 0 Å². The maximum Gasteiger partial charge on any atom is 0.251 e. The number of halogens is 1. The molecule has 8 heteroatoms. The number of nitrogens with zero attached hydrogens (tertiary/aromatic N) is 2. The molecule has 1 unspecified atom stereocenters. The fourth-order valence-corrected chi connectivity index (χ4v) is 3.76.